The van der Waals surface area contributed by atoms with Gasteiger partial charge >= 0.3 is 0 Å². The van der Waals surface area contributed by atoms with E-state index in [-0.39, 0.29) is 5.82 Å². The number of hydrogen-bond acceptors (Lipinski definition) is 2. The molecule has 0 atom stereocenters. The summed E-state index contributed by atoms with van der Waals surface area (Å²) in [5.74, 6) is -0.262. The summed E-state index contributed by atoms with van der Waals surface area (Å²) in [5, 5.41) is 7.27. The highest BCUT2D eigenvalue weighted by atomic mass is 19.1. The van der Waals surface area contributed by atoms with Crippen molar-refractivity contribution < 1.29 is 4.39 Å². The summed E-state index contributed by atoms with van der Waals surface area (Å²) in [4.78, 5) is 0. The Balaban J connectivity index is 2.62. The van der Waals surface area contributed by atoms with E-state index in [1.54, 1.807) is 0 Å². The zero-order valence-electron chi connectivity index (χ0n) is 6.42. The van der Waals surface area contributed by atoms with Crippen LogP contribution in [0.3, 0.4) is 0 Å². The molecule has 1 heterocycles. The highest BCUT2D eigenvalue weighted by Crippen LogP contribution is 2.04. The lowest BCUT2D eigenvalue weighted by Crippen LogP contribution is -1.96. The molecule has 0 aliphatic carbocycles. The van der Waals surface area contributed by atoms with Gasteiger partial charge in [0.2, 0.25) is 0 Å². The summed E-state index contributed by atoms with van der Waals surface area (Å²) in [7, 11) is 0. The molecule has 3 heteroatoms. The van der Waals surface area contributed by atoms with E-state index < -0.39 is 0 Å². The summed E-state index contributed by atoms with van der Waals surface area (Å²) in [6.45, 7) is 1.94. The summed E-state index contributed by atoms with van der Waals surface area (Å²) in [6.07, 6.45) is 4.81. The first-order valence-corrected chi connectivity index (χ1v) is 3.58. The molecular weight excluding hydrogens is 143 g/mol. The van der Waals surface area contributed by atoms with Crippen molar-refractivity contribution in [2.75, 3.05) is 0 Å². The SMILES string of the molecule is C[CH]CCc1nnccc1F. The van der Waals surface area contributed by atoms with Gasteiger partial charge in [0.1, 0.15) is 5.82 Å². The van der Waals surface area contributed by atoms with Crippen LogP contribution in [0.15, 0.2) is 12.3 Å². The predicted molar refractivity (Wildman–Crippen MR) is 40.3 cm³/mol. The van der Waals surface area contributed by atoms with Crippen LogP contribution in [0.25, 0.3) is 0 Å². The van der Waals surface area contributed by atoms with Gasteiger partial charge in [0.15, 0.2) is 0 Å². The number of nitrogens with zero attached hydrogens (tertiary/aromatic N) is 2. The molecule has 1 radical (unpaired) electrons. The zero-order valence-corrected chi connectivity index (χ0v) is 6.42. The monoisotopic (exact) mass is 153 g/mol. The highest BCUT2D eigenvalue weighted by molar-refractivity contribution is 5.03. The Morgan fingerprint density at radius 1 is 1.64 bits per heavy atom. The van der Waals surface area contributed by atoms with E-state index in [4.69, 9.17) is 0 Å². The zero-order chi connectivity index (χ0) is 8.10. The number of aryl methyl sites for hydroxylation is 1. The normalized spacial score (nSPS) is 10.0. The quantitative estimate of drug-likeness (QED) is 0.661. The van der Waals surface area contributed by atoms with E-state index in [9.17, 15) is 4.39 Å². The van der Waals surface area contributed by atoms with Crippen LogP contribution < -0.4 is 0 Å². The molecule has 0 saturated heterocycles. The van der Waals surface area contributed by atoms with Crippen molar-refractivity contribution in [1.82, 2.24) is 10.2 Å². The van der Waals surface area contributed by atoms with Crippen LogP contribution in [-0.2, 0) is 6.42 Å². The lowest BCUT2D eigenvalue weighted by Gasteiger charge is -1.97. The molecule has 0 unspecified atom stereocenters. The minimum atomic E-state index is -0.262. The van der Waals surface area contributed by atoms with Crippen molar-refractivity contribution >= 4 is 0 Å². The Bertz CT molecular complexity index is 225. The molecule has 59 valence electrons. The molecular formula is C8H10FN2. The van der Waals surface area contributed by atoms with Gasteiger partial charge in [0, 0.05) is 0 Å². The van der Waals surface area contributed by atoms with Gasteiger partial charge in [0.05, 0.1) is 11.9 Å². The van der Waals surface area contributed by atoms with Gasteiger partial charge < -0.3 is 0 Å². The van der Waals surface area contributed by atoms with E-state index in [1.165, 1.54) is 12.3 Å². The second-order valence-corrected chi connectivity index (χ2v) is 2.27. The van der Waals surface area contributed by atoms with Gasteiger partial charge in [-0.15, -0.1) is 0 Å². The minimum absolute atomic E-state index is 0.262. The molecule has 0 N–H and O–H groups in total. The molecule has 0 bridgehead atoms. The van der Waals surface area contributed by atoms with E-state index in [0.717, 1.165) is 6.42 Å². The molecule has 0 fully saturated rings. The highest BCUT2D eigenvalue weighted by Gasteiger charge is 2.00. The van der Waals surface area contributed by atoms with E-state index in [2.05, 4.69) is 10.2 Å². The third-order valence-corrected chi connectivity index (χ3v) is 1.41. The van der Waals surface area contributed by atoms with Gasteiger partial charge in [-0.05, 0) is 25.3 Å². The van der Waals surface area contributed by atoms with Crippen LogP contribution in [0.5, 0.6) is 0 Å². The molecule has 0 aliphatic heterocycles. The largest absolute Gasteiger partial charge is 0.205 e. The number of halogens is 1. The third-order valence-electron chi connectivity index (χ3n) is 1.41. The number of rotatable bonds is 3. The summed E-state index contributed by atoms with van der Waals surface area (Å²) >= 11 is 0. The number of aromatic nitrogens is 2. The van der Waals surface area contributed by atoms with Crippen LogP contribution in [0.4, 0.5) is 4.39 Å². The molecule has 2 nitrogen and oxygen atoms in total. The van der Waals surface area contributed by atoms with E-state index in [1.807, 2.05) is 13.3 Å². The van der Waals surface area contributed by atoms with Crippen LogP contribution >= 0.6 is 0 Å². The lowest BCUT2D eigenvalue weighted by molar-refractivity contribution is 0.587. The molecule has 0 aliphatic rings. The topological polar surface area (TPSA) is 25.8 Å². The van der Waals surface area contributed by atoms with Crippen molar-refractivity contribution in [3.05, 3.63) is 30.2 Å². The fraction of sp³-hybridized carbons (Fsp3) is 0.375. The minimum Gasteiger partial charge on any atom is -0.205 e. The van der Waals surface area contributed by atoms with E-state index in [0.29, 0.717) is 12.1 Å². The Labute approximate surface area is 65.5 Å². The van der Waals surface area contributed by atoms with Crippen LogP contribution in [0, 0.1) is 12.2 Å². The Morgan fingerprint density at radius 2 is 2.45 bits per heavy atom. The van der Waals surface area contributed by atoms with Crippen molar-refractivity contribution in [3.63, 3.8) is 0 Å². The molecule has 11 heavy (non-hydrogen) atoms. The maximum Gasteiger partial charge on any atom is 0.148 e. The van der Waals surface area contributed by atoms with Crippen LogP contribution in [-0.4, -0.2) is 10.2 Å². The molecule has 1 aromatic rings. The summed E-state index contributed by atoms with van der Waals surface area (Å²) < 4.78 is 12.8. The average molecular weight is 153 g/mol. The average Bonchev–Trinajstić information content (AvgIpc) is 2.03. The fourth-order valence-corrected chi connectivity index (χ4v) is 0.796. The van der Waals surface area contributed by atoms with Crippen LogP contribution in [0.1, 0.15) is 19.0 Å². The Morgan fingerprint density at radius 3 is 3.09 bits per heavy atom. The summed E-state index contributed by atoms with van der Waals surface area (Å²) in [6, 6.07) is 1.33. The standard InChI is InChI=1S/C8H10FN2/c1-2-3-4-8-7(9)5-6-10-11-8/h2,5-6H,3-4H2,1H3. The fourth-order valence-electron chi connectivity index (χ4n) is 0.796. The first-order valence-electron chi connectivity index (χ1n) is 3.58. The first-order chi connectivity index (χ1) is 5.34. The summed E-state index contributed by atoms with van der Waals surface area (Å²) in [5.41, 5.74) is 0.450. The first kappa shape index (κ1) is 8.11. The molecule has 0 spiro atoms. The van der Waals surface area contributed by atoms with Gasteiger partial charge in [-0.2, -0.15) is 10.2 Å². The maximum atomic E-state index is 12.8. The third kappa shape index (κ3) is 2.26. The smallest absolute Gasteiger partial charge is 0.148 e. The van der Waals surface area contributed by atoms with Crippen LogP contribution in [0.2, 0.25) is 0 Å². The van der Waals surface area contributed by atoms with Crippen molar-refractivity contribution in [1.29, 1.82) is 0 Å². The van der Waals surface area contributed by atoms with Gasteiger partial charge in [0.25, 0.3) is 0 Å². The molecule has 1 aromatic heterocycles. The van der Waals surface area contributed by atoms with Crippen molar-refractivity contribution in [2.24, 2.45) is 0 Å². The molecule has 0 amide bonds. The van der Waals surface area contributed by atoms with Gasteiger partial charge in [-0.3, -0.25) is 0 Å². The molecule has 0 aromatic carbocycles. The van der Waals surface area contributed by atoms with Crippen molar-refractivity contribution in [3.8, 4) is 0 Å². The molecule has 1 rings (SSSR count). The van der Waals surface area contributed by atoms with Crippen molar-refractivity contribution in [2.45, 2.75) is 19.8 Å². The van der Waals surface area contributed by atoms with Gasteiger partial charge in [-0.25, -0.2) is 4.39 Å². The predicted octanol–water partition coefficient (Wildman–Crippen LogP) is 1.77. The lowest BCUT2D eigenvalue weighted by atomic mass is 10.2. The van der Waals surface area contributed by atoms with Gasteiger partial charge in [-0.1, -0.05) is 6.92 Å². The second-order valence-electron chi connectivity index (χ2n) is 2.27. The maximum absolute atomic E-state index is 12.8. The second kappa shape index (κ2) is 4.01. The Hall–Kier alpha value is -0.990. The number of unbranched alkanes of at least 4 members (excludes halogenated alkanes) is 1. The van der Waals surface area contributed by atoms with E-state index >= 15 is 0 Å². The molecule has 0 saturated carbocycles. The Kier molecular flexibility index (Phi) is 2.95. The number of hydrogen-bond donors (Lipinski definition) is 0.